The van der Waals surface area contributed by atoms with Crippen LogP contribution in [0.2, 0.25) is 0 Å². The number of pyridine rings is 5. The van der Waals surface area contributed by atoms with Crippen LogP contribution in [-0.2, 0) is 107 Å². The average molecular weight is 2360 g/mol. The van der Waals surface area contributed by atoms with Crippen LogP contribution >= 0.6 is 0 Å². The Labute approximate surface area is 722 Å². The third-order valence-corrected chi connectivity index (χ3v) is 21.4. The molecule has 12 nitrogen and oxygen atoms in total. The Bertz CT molecular complexity index is 7320. The molecule has 22 aromatic rings. The summed E-state index contributed by atoms with van der Waals surface area (Å²) >= 11 is 0. The predicted molar refractivity (Wildman–Crippen MR) is 445 cm³/mol. The maximum atomic E-state index is 4.71. The molecule has 0 unspecified atom stereocenters. The fourth-order valence-corrected chi connectivity index (χ4v) is 16.1. The van der Waals surface area contributed by atoms with Gasteiger partial charge in [0.1, 0.15) is 0 Å². The number of rotatable bonds is 5. The topological polar surface area (TPSA) is 112 Å². The number of aryl methyl sites for hydroxylation is 7. The molecule has 0 aliphatic rings. The van der Waals surface area contributed by atoms with Gasteiger partial charge in [-0.05, 0) is 162 Å². The van der Waals surface area contributed by atoms with E-state index in [2.05, 4.69) is 278 Å². The molecule has 22 rings (SSSR count). The van der Waals surface area contributed by atoms with Gasteiger partial charge in [-0.3, -0.25) is 24.9 Å². The molecule has 11 heterocycles. The summed E-state index contributed by atoms with van der Waals surface area (Å²) < 4.78 is 10.7. The van der Waals surface area contributed by atoms with E-state index in [1.165, 1.54) is 139 Å². The number of imidazole rings is 5. The SMILES string of the molecule is CC(C)c1ccc2c(c1)c1ccc[c-]c1c1nc3nccnc3n21.CCCCc1ccc2c(c1)c1ccc[c-]c1c1nccn21.Cc1cc(C)c2c(c1)c1ccc[c-]c1c1nccn12.Cc1cc2c3ccc[c-]c3c3nccn3c2cc1C.Cc1cccc(C)c1-c1ccc2c(c1)c1ccc[c-]c1c1nccn21.[Ir].[Ir].[Ir].[Ir].[Ir]. The van der Waals surface area contributed by atoms with Gasteiger partial charge in [0.15, 0.2) is 11.3 Å². The summed E-state index contributed by atoms with van der Waals surface area (Å²) in [6.45, 7) is 19.6. The Hall–Kier alpha value is -9.94. The van der Waals surface area contributed by atoms with E-state index in [1.807, 2.05) is 104 Å². The summed E-state index contributed by atoms with van der Waals surface area (Å²) in [6, 6.07) is 83.1. The van der Waals surface area contributed by atoms with Gasteiger partial charge < -0.3 is 22.0 Å². The minimum absolute atomic E-state index is 0. The van der Waals surface area contributed by atoms with Crippen LogP contribution in [0.15, 0.2) is 250 Å². The van der Waals surface area contributed by atoms with Crippen molar-refractivity contribution in [2.24, 2.45) is 0 Å². The van der Waals surface area contributed by atoms with Crippen LogP contribution in [0.5, 0.6) is 0 Å². The van der Waals surface area contributed by atoms with Crippen LogP contribution in [0.4, 0.5) is 0 Å². The molecule has 0 fully saturated rings. The van der Waals surface area contributed by atoms with E-state index in [-0.39, 0.29) is 101 Å². The largest absolute Gasteiger partial charge is 0.340 e. The molecule has 0 spiro atoms. The van der Waals surface area contributed by atoms with Crippen LogP contribution in [-0.4, -0.2) is 56.9 Å². The minimum Gasteiger partial charge on any atom is -0.340 e. The number of aromatic nitrogens is 12. The Morgan fingerprint density at radius 1 is 0.345 bits per heavy atom. The fraction of sp³-hybridized carbons (Fsp3) is 0.135. The molecule has 113 heavy (non-hydrogen) atoms. The quantitative estimate of drug-likeness (QED) is 0.125. The van der Waals surface area contributed by atoms with Gasteiger partial charge in [0, 0.05) is 190 Å². The van der Waals surface area contributed by atoms with Crippen molar-refractivity contribution < 1.29 is 101 Å². The van der Waals surface area contributed by atoms with Gasteiger partial charge in [0.25, 0.3) is 0 Å². The van der Waals surface area contributed by atoms with Crippen molar-refractivity contribution in [1.29, 1.82) is 0 Å². The fourth-order valence-electron chi connectivity index (χ4n) is 16.1. The van der Waals surface area contributed by atoms with E-state index in [4.69, 9.17) is 4.98 Å². The van der Waals surface area contributed by atoms with Crippen molar-refractivity contribution in [3.05, 3.63) is 325 Å². The zero-order chi connectivity index (χ0) is 73.4. The van der Waals surface area contributed by atoms with Crippen molar-refractivity contribution in [2.75, 3.05) is 0 Å². The first kappa shape index (κ1) is 81.1. The van der Waals surface area contributed by atoms with E-state index < -0.39 is 0 Å². The van der Waals surface area contributed by atoms with Gasteiger partial charge >= 0.3 is 0 Å². The van der Waals surface area contributed by atoms with Gasteiger partial charge in [-0.2, -0.15) is 0 Å². The Kier molecular flexibility index (Phi) is 24.4. The molecule has 0 aliphatic heterocycles. The summed E-state index contributed by atoms with van der Waals surface area (Å²) in [4.78, 5) is 31.6. The second-order valence-electron chi connectivity index (χ2n) is 28.6. The van der Waals surface area contributed by atoms with Gasteiger partial charge in [-0.15, -0.1) is 148 Å². The standard InChI is InChI=1S/C23H17N2.C20H15N4.C19H17N2.2C17H13N2.5Ir/c1-15-6-5-7-16(2)22(15)17-10-11-21-20(14-17)18-8-3-4-9-19(18)23-24-12-13-25(21)23;1-12(2)13-7-8-17-16(11-13)14-5-3-4-6-15(14)19-23-18-20(24(17)19)22-10-9-21-18;1-2-3-6-14-9-10-18-17(13-14)15-7-4-5-8-16(15)19-20-11-12-21(18)19;1-11-9-15-13-5-3-4-6-14(13)17-18-7-8-19(17)16(15)10-12(11)2;1-11-9-12(2)16-15(10-11)13-5-3-4-6-14(13)17-18-7-8-19(16)17;;;;;/h3-8,10-14H,1-2H3;3-5,7-12H,1-2H3;4-5,7,9-13H,2-3,6H2,1H3;2*3-5,7-10H,1-2H3;;;;;/q5*-1;;;;;. The summed E-state index contributed by atoms with van der Waals surface area (Å²) in [5, 5.41) is 17.7. The smallest absolute Gasteiger partial charge is 0.188 e. The molecule has 0 saturated carbocycles. The Balaban J connectivity index is 0.000000123. The van der Waals surface area contributed by atoms with Gasteiger partial charge in [-0.1, -0.05) is 132 Å². The Morgan fingerprint density at radius 3 is 1.33 bits per heavy atom. The summed E-state index contributed by atoms with van der Waals surface area (Å²) in [7, 11) is 0. The molecule has 0 atom stereocenters. The molecule has 11 aromatic heterocycles. The van der Waals surface area contributed by atoms with Crippen LogP contribution in [0.3, 0.4) is 0 Å². The second-order valence-corrected chi connectivity index (χ2v) is 28.6. The predicted octanol–water partition coefficient (Wildman–Crippen LogP) is 23.1. The first-order valence-corrected chi connectivity index (χ1v) is 37.0. The summed E-state index contributed by atoms with van der Waals surface area (Å²) in [5.74, 6) is 0.479. The van der Waals surface area contributed by atoms with E-state index in [1.54, 1.807) is 12.4 Å². The van der Waals surface area contributed by atoms with Crippen LogP contribution < -0.4 is 0 Å². The summed E-state index contributed by atoms with van der Waals surface area (Å²) in [5.41, 5.74) is 25.3. The van der Waals surface area contributed by atoms with Crippen molar-refractivity contribution in [2.45, 2.75) is 87.5 Å². The minimum atomic E-state index is 0. The number of nitrogens with zero attached hydrogens (tertiary/aromatic N) is 12. The van der Waals surface area contributed by atoms with E-state index in [9.17, 15) is 0 Å². The van der Waals surface area contributed by atoms with Crippen molar-refractivity contribution >= 4 is 148 Å². The average Bonchev–Trinajstić information content (AvgIpc) is 1.57. The molecule has 569 valence electrons. The maximum absolute atomic E-state index is 4.71. The van der Waals surface area contributed by atoms with Crippen LogP contribution in [0, 0.1) is 71.9 Å². The molecule has 5 radical (unpaired) electrons. The molecule has 0 bridgehead atoms. The molecule has 0 N–H and O–H groups in total. The molecule has 0 saturated heterocycles. The van der Waals surface area contributed by atoms with E-state index in [0.717, 1.165) is 78.1 Å². The van der Waals surface area contributed by atoms with Gasteiger partial charge in [0.05, 0.1) is 28.2 Å². The zero-order valence-corrected chi connectivity index (χ0v) is 75.4. The zero-order valence-electron chi connectivity index (χ0n) is 63.4. The summed E-state index contributed by atoms with van der Waals surface area (Å²) in [6.07, 6.45) is 22.5. The maximum Gasteiger partial charge on any atom is 0.188 e. The normalized spacial score (nSPS) is 11.2. The molecule has 11 aromatic carbocycles. The number of unbranched alkanes of at least 4 members (excludes halogenated alkanes) is 1. The number of benzene rings is 11. The number of hydrogen-bond donors (Lipinski definition) is 0. The van der Waals surface area contributed by atoms with Gasteiger partial charge in [-0.25, -0.2) is 9.97 Å². The van der Waals surface area contributed by atoms with Crippen molar-refractivity contribution in [3.8, 4) is 11.1 Å². The van der Waals surface area contributed by atoms with E-state index >= 15 is 0 Å². The van der Waals surface area contributed by atoms with Crippen LogP contribution in [0.1, 0.15) is 84.0 Å². The van der Waals surface area contributed by atoms with Crippen molar-refractivity contribution in [3.63, 3.8) is 0 Å². The number of fused-ring (bicyclic) bond motifs is 32. The number of hydrogen-bond acceptors (Lipinski definition) is 7. The monoisotopic (exact) mass is 2360 g/mol. The molecular formula is C96H75Ir5N12-5. The molecule has 17 heteroatoms. The third kappa shape index (κ3) is 14.5. The molecule has 0 aliphatic carbocycles. The third-order valence-electron chi connectivity index (χ3n) is 21.4. The van der Waals surface area contributed by atoms with E-state index in [0.29, 0.717) is 11.6 Å². The van der Waals surface area contributed by atoms with Crippen LogP contribution in [0.25, 0.3) is 159 Å². The second kappa shape index (κ2) is 34.0. The first-order valence-electron chi connectivity index (χ1n) is 37.0. The first-order chi connectivity index (χ1) is 52.9. The Morgan fingerprint density at radius 2 is 0.788 bits per heavy atom. The van der Waals surface area contributed by atoms with Gasteiger partial charge in [0.2, 0.25) is 0 Å². The molecular weight excluding hydrogens is 2280 g/mol. The molecule has 0 amide bonds. The van der Waals surface area contributed by atoms with Crippen molar-refractivity contribution in [1.82, 2.24) is 56.9 Å².